The van der Waals surface area contributed by atoms with E-state index in [9.17, 15) is 0 Å². The van der Waals surface area contributed by atoms with Gasteiger partial charge in [0.2, 0.25) is 0 Å². The van der Waals surface area contributed by atoms with Crippen molar-refractivity contribution < 1.29 is 0 Å². The number of nitrogens with one attached hydrogen (secondary N) is 1. The smallest absolute Gasteiger partial charge is 0.165 e. The highest BCUT2D eigenvalue weighted by atomic mass is 32.1. The molecule has 7 aromatic carbocycles. The Morgan fingerprint density at radius 3 is 1.69 bits per heavy atom. The van der Waals surface area contributed by atoms with E-state index in [1.807, 2.05) is 54.9 Å². The van der Waals surface area contributed by atoms with Crippen LogP contribution in [0.25, 0.3) is 106 Å². The second-order valence-corrected chi connectivity index (χ2v) is 15.5. The lowest BCUT2D eigenvalue weighted by Gasteiger charge is -2.12. The van der Waals surface area contributed by atoms with Crippen molar-refractivity contribution >= 4 is 34.8 Å². The Hall–Kier alpha value is -7.87. The summed E-state index contributed by atoms with van der Waals surface area (Å²) < 4.78 is 2.14. The molecule has 0 saturated heterocycles. The highest BCUT2D eigenvalue weighted by Crippen LogP contribution is 2.39. The van der Waals surface area contributed by atoms with E-state index in [1.165, 1.54) is 11.1 Å². The first-order valence-electron chi connectivity index (χ1n) is 20.2. The second-order valence-electron chi connectivity index (χ2n) is 15.0. The summed E-state index contributed by atoms with van der Waals surface area (Å²) in [6, 6.07) is 67.2. The van der Waals surface area contributed by atoms with Crippen molar-refractivity contribution in [1.29, 1.82) is 0 Å². The third kappa shape index (κ3) is 6.87. The van der Waals surface area contributed by atoms with E-state index in [1.54, 1.807) is 0 Å². The fraction of sp³-hybridized carbons (Fsp3) is 0. The van der Waals surface area contributed by atoms with Crippen LogP contribution in [0.3, 0.4) is 0 Å². The standard InChI is InChI=1S/C54H36N6S/c61-50-34-49-48(57-52(58-49)40-15-8-3-9-16-40)33-46(50)53-59-51-45(42-17-10-18-43(31-42)47-32-41(27-29-55-47)36-13-6-2-7-14-36)28-30-56-54(51)60(53)44-25-23-39(24-26-44)38-21-19-37(20-22-38)35-11-4-1-5-12-35/h1-34,61H,(H,57,58). The number of benzene rings is 7. The van der Waals surface area contributed by atoms with Gasteiger partial charge in [0, 0.05) is 45.2 Å². The largest absolute Gasteiger partial charge is 0.338 e. The third-order valence-corrected chi connectivity index (χ3v) is 11.6. The second kappa shape index (κ2) is 15.4. The van der Waals surface area contributed by atoms with Gasteiger partial charge in [-0.05, 0) is 87.5 Å². The maximum absolute atomic E-state index is 5.44. The van der Waals surface area contributed by atoms with E-state index in [-0.39, 0.29) is 0 Å². The summed E-state index contributed by atoms with van der Waals surface area (Å²) in [5, 5.41) is 0. The molecule has 1 N–H and O–H groups in total. The van der Waals surface area contributed by atoms with Crippen molar-refractivity contribution in [3.8, 4) is 84.2 Å². The van der Waals surface area contributed by atoms with Crippen LogP contribution in [0.15, 0.2) is 211 Å². The molecule has 0 aliphatic heterocycles. The van der Waals surface area contributed by atoms with Crippen LogP contribution in [-0.4, -0.2) is 29.5 Å². The van der Waals surface area contributed by atoms with Crippen LogP contribution in [0.2, 0.25) is 0 Å². The van der Waals surface area contributed by atoms with Gasteiger partial charge in [0.05, 0.1) is 16.7 Å². The zero-order valence-corrected chi connectivity index (χ0v) is 33.7. The molecule has 0 spiro atoms. The maximum atomic E-state index is 5.44. The predicted octanol–water partition coefficient (Wildman–Crippen LogP) is 13.6. The van der Waals surface area contributed by atoms with Crippen LogP contribution in [0.5, 0.6) is 0 Å². The molecule has 7 heteroatoms. The van der Waals surface area contributed by atoms with Crippen molar-refractivity contribution in [3.63, 3.8) is 0 Å². The van der Waals surface area contributed by atoms with Crippen molar-refractivity contribution in [2.24, 2.45) is 0 Å². The fourth-order valence-corrected chi connectivity index (χ4v) is 8.42. The van der Waals surface area contributed by atoms with Crippen LogP contribution in [0.4, 0.5) is 0 Å². The number of aromatic amines is 1. The Labute approximate surface area is 358 Å². The van der Waals surface area contributed by atoms with Crippen LogP contribution >= 0.6 is 12.6 Å². The number of hydrogen-bond acceptors (Lipinski definition) is 5. The average molecular weight is 801 g/mol. The fourth-order valence-electron chi connectivity index (χ4n) is 8.12. The quantitative estimate of drug-likeness (QED) is 0.150. The van der Waals surface area contributed by atoms with Gasteiger partial charge in [0.1, 0.15) is 17.2 Å². The lowest BCUT2D eigenvalue weighted by molar-refractivity contribution is 1.07. The number of H-pyrrole nitrogens is 1. The summed E-state index contributed by atoms with van der Waals surface area (Å²) in [5.74, 6) is 1.52. The van der Waals surface area contributed by atoms with Gasteiger partial charge >= 0.3 is 0 Å². The molecule has 0 fully saturated rings. The number of thiol groups is 1. The Kier molecular flexibility index (Phi) is 9.13. The Balaban J connectivity index is 1.04. The van der Waals surface area contributed by atoms with Crippen molar-refractivity contribution in [1.82, 2.24) is 29.5 Å². The van der Waals surface area contributed by atoms with Gasteiger partial charge in [-0.3, -0.25) is 9.55 Å². The minimum absolute atomic E-state index is 0.722. The first-order chi connectivity index (χ1) is 30.1. The highest BCUT2D eigenvalue weighted by Gasteiger charge is 2.22. The minimum atomic E-state index is 0.722. The van der Waals surface area contributed by atoms with Gasteiger partial charge in [-0.2, -0.15) is 0 Å². The van der Waals surface area contributed by atoms with Crippen molar-refractivity contribution in [3.05, 3.63) is 207 Å². The SMILES string of the molecule is Sc1cc2[nH]c(-c3ccccc3)nc2cc1-c1nc2c(-c3cccc(-c4cc(-c5ccccc5)ccn4)c3)ccnc2n1-c1ccc(-c2ccc(-c3ccccc3)cc2)cc1. The number of fused-ring (bicyclic) bond motifs is 2. The summed E-state index contributed by atoms with van der Waals surface area (Å²) in [6.07, 6.45) is 3.75. The van der Waals surface area contributed by atoms with Gasteiger partial charge in [-0.1, -0.05) is 146 Å². The molecule has 11 rings (SSSR count). The molecule has 0 atom stereocenters. The van der Waals surface area contributed by atoms with Gasteiger partial charge in [0.15, 0.2) is 5.65 Å². The molecule has 4 heterocycles. The third-order valence-electron chi connectivity index (χ3n) is 11.2. The number of aromatic nitrogens is 6. The number of pyridine rings is 2. The minimum Gasteiger partial charge on any atom is -0.338 e. The molecule has 0 unspecified atom stereocenters. The molecule has 11 aromatic rings. The highest BCUT2D eigenvalue weighted by molar-refractivity contribution is 7.80. The molecule has 4 aromatic heterocycles. The van der Waals surface area contributed by atoms with Crippen molar-refractivity contribution in [2.45, 2.75) is 4.90 Å². The van der Waals surface area contributed by atoms with Crippen LogP contribution in [0, 0.1) is 0 Å². The summed E-state index contributed by atoms with van der Waals surface area (Å²) in [4.78, 5) is 24.5. The first kappa shape index (κ1) is 36.2. The number of imidazole rings is 2. The molecule has 0 amide bonds. The molecule has 61 heavy (non-hydrogen) atoms. The Morgan fingerprint density at radius 1 is 0.426 bits per heavy atom. The van der Waals surface area contributed by atoms with E-state index in [2.05, 4.69) is 161 Å². The van der Waals surface area contributed by atoms with Crippen LogP contribution in [-0.2, 0) is 0 Å². The first-order valence-corrected chi connectivity index (χ1v) is 20.6. The zero-order chi connectivity index (χ0) is 40.7. The van der Waals surface area contributed by atoms with Gasteiger partial charge in [-0.15, -0.1) is 12.6 Å². The van der Waals surface area contributed by atoms with Crippen molar-refractivity contribution in [2.75, 3.05) is 0 Å². The molecule has 0 bridgehead atoms. The molecular formula is C54H36N6S. The average Bonchev–Trinajstić information content (AvgIpc) is 3.94. The zero-order valence-electron chi connectivity index (χ0n) is 32.8. The van der Waals surface area contributed by atoms with E-state index in [0.29, 0.717) is 0 Å². The summed E-state index contributed by atoms with van der Waals surface area (Å²) in [5.41, 5.74) is 16.9. The summed E-state index contributed by atoms with van der Waals surface area (Å²) in [6.45, 7) is 0. The predicted molar refractivity (Wildman–Crippen MR) is 252 cm³/mol. The van der Waals surface area contributed by atoms with Gasteiger partial charge in [-0.25, -0.2) is 15.0 Å². The van der Waals surface area contributed by atoms with Crippen LogP contribution < -0.4 is 0 Å². The summed E-state index contributed by atoms with van der Waals surface area (Å²) >= 11 is 5.08. The molecule has 0 aliphatic rings. The lowest BCUT2D eigenvalue weighted by atomic mass is 9.99. The van der Waals surface area contributed by atoms with Gasteiger partial charge in [0.25, 0.3) is 0 Å². The van der Waals surface area contributed by atoms with Crippen LogP contribution in [0.1, 0.15) is 0 Å². The van der Waals surface area contributed by atoms with E-state index in [0.717, 1.165) is 100 Å². The van der Waals surface area contributed by atoms with Gasteiger partial charge < -0.3 is 4.98 Å². The normalized spacial score (nSPS) is 11.4. The molecule has 288 valence electrons. The topological polar surface area (TPSA) is 72.3 Å². The number of rotatable bonds is 8. The van der Waals surface area contributed by atoms with E-state index in [4.69, 9.17) is 32.6 Å². The molecule has 0 radical (unpaired) electrons. The number of nitrogens with zero attached hydrogens (tertiary/aromatic N) is 5. The molecule has 0 saturated carbocycles. The lowest BCUT2D eigenvalue weighted by Crippen LogP contribution is -1.99. The molecule has 0 aliphatic carbocycles. The van der Waals surface area contributed by atoms with E-state index >= 15 is 0 Å². The molecule has 6 nitrogen and oxygen atoms in total. The summed E-state index contributed by atoms with van der Waals surface area (Å²) in [7, 11) is 0. The van der Waals surface area contributed by atoms with E-state index < -0.39 is 0 Å². The Bertz CT molecular complexity index is 3340. The Morgan fingerprint density at radius 2 is 1.00 bits per heavy atom. The maximum Gasteiger partial charge on any atom is 0.165 e. The molecular weight excluding hydrogens is 765 g/mol. The monoisotopic (exact) mass is 800 g/mol. The number of hydrogen-bond donors (Lipinski definition) is 2.